The first-order valence-corrected chi connectivity index (χ1v) is 9.58. The van der Waals surface area contributed by atoms with E-state index in [-0.39, 0.29) is 5.97 Å². The molecule has 27 heavy (non-hydrogen) atoms. The summed E-state index contributed by atoms with van der Waals surface area (Å²) in [4.78, 5) is 12.0. The molecule has 1 saturated carbocycles. The predicted octanol–water partition coefficient (Wildman–Crippen LogP) is 4.04. The number of nitrogens with one attached hydrogen (secondary N) is 2. The van der Waals surface area contributed by atoms with Crippen molar-refractivity contribution in [2.24, 2.45) is 5.10 Å². The summed E-state index contributed by atoms with van der Waals surface area (Å²) in [6.45, 7) is 0. The second-order valence-electron chi connectivity index (χ2n) is 6.50. The monoisotopic (exact) mass is 381 g/mol. The van der Waals surface area contributed by atoms with Gasteiger partial charge in [-0.3, -0.25) is 5.43 Å². The smallest absolute Gasteiger partial charge is 0.343 e. The number of nitrogens with zero attached hydrogens (tertiary/aromatic N) is 1. The van der Waals surface area contributed by atoms with Gasteiger partial charge in [-0.2, -0.15) is 5.10 Å². The number of carbonyl (C=O) groups is 1. The van der Waals surface area contributed by atoms with Crippen LogP contribution in [0.2, 0.25) is 0 Å². The lowest BCUT2D eigenvalue weighted by Gasteiger charge is -2.23. The van der Waals surface area contributed by atoms with E-state index in [2.05, 4.69) is 15.8 Å². The molecule has 0 unspecified atom stereocenters. The Morgan fingerprint density at radius 1 is 1.04 bits per heavy atom. The Kier molecular flexibility index (Phi) is 6.93. The maximum absolute atomic E-state index is 12.0. The molecule has 0 amide bonds. The van der Waals surface area contributed by atoms with Crippen molar-refractivity contribution in [3.05, 3.63) is 65.7 Å². The molecule has 0 heterocycles. The molecule has 1 aliphatic carbocycles. The van der Waals surface area contributed by atoms with Gasteiger partial charge in [0, 0.05) is 6.04 Å². The average Bonchev–Trinajstić information content (AvgIpc) is 2.71. The van der Waals surface area contributed by atoms with E-state index in [1.54, 1.807) is 42.6 Å². The van der Waals surface area contributed by atoms with Crippen LogP contribution in [0.1, 0.15) is 48.0 Å². The highest BCUT2D eigenvalue weighted by Crippen LogP contribution is 2.17. The maximum Gasteiger partial charge on any atom is 0.343 e. The average molecular weight is 382 g/mol. The van der Waals surface area contributed by atoms with Gasteiger partial charge in [0.1, 0.15) is 5.75 Å². The Morgan fingerprint density at radius 3 is 2.44 bits per heavy atom. The molecule has 6 heteroatoms. The van der Waals surface area contributed by atoms with Gasteiger partial charge in [-0.1, -0.05) is 37.5 Å². The number of hydrogen-bond acceptors (Lipinski definition) is 4. The van der Waals surface area contributed by atoms with E-state index in [4.69, 9.17) is 17.0 Å². The van der Waals surface area contributed by atoms with Gasteiger partial charge in [0.2, 0.25) is 0 Å². The third-order valence-electron chi connectivity index (χ3n) is 4.42. The van der Waals surface area contributed by atoms with Crippen LogP contribution in [0, 0.1) is 0 Å². The molecule has 0 saturated heterocycles. The van der Waals surface area contributed by atoms with Crippen LogP contribution >= 0.6 is 12.2 Å². The van der Waals surface area contributed by atoms with Crippen molar-refractivity contribution in [1.82, 2.24) is 10.7 Å². The number of ether oxygens (including phenoxy) is 1. The van der Waals surface area contributed by atoms with Crippen LogP contribution in [-0.2, 0) is 0 Å². The molecule has 0 bridgehead atoms. The standard InChI is InChI=1S/C21H23N3O2S/c25-20(17-7-3-1-4-8-17)26-19-13-11-16(12-14-19)15-22-24-21(27)23-18-9-5-2-6-10-18/h1,3-4,7-8,11-15,18H,2,5-6,9-10H2,(H2,23,24,27). The van der Waals surface area contributed by atoms with Gasteiger partial charge in [-0.05, 0) is 67.0 Å². The van der Waals surface area contributed by atoms with Crippen LogP contribution < -0.4 is 15.5 Å². The molecule has 0 aliphatic heterocycles. The highest BCUT2D eigenvalue weighted by molar-refractivity contribution is 7.80. The molecule has 1 aliphatic rings. The van der Waals surface area contributed by atoms with Gasteiger partial charge >= 0.3 is 5.97 Å². The number of rotatable bonds is 5. The third kappa shape index (κ3) is 6.18. The van der Waals surface area contributed by atoms with Crippen LogP contribution in [0.4, 0.5) is 0 Å². The van der Waals surface area contributed by atoms with Gasteiger partial charge in [0.15, 0.2) is 5.11 Å². The van der Waals surface area contributed by atoms with Gasteiger partial charge in [-0.15, -0.1) is 0 Å². The highest BCUT2D eigenvalue weighted by atomic mass is 32.1. The third-order valence-corrected chi connectivity index (χ3v) is 4.63. The van der Waals surface area contributed by atoms with E-state index < -0.39 is 0 Å². The minimum atomic E-state index is -0.377. The Hall–Kier alpha value is -2.73. The van der Waals surface area contributed by atoms with Crippen LogP contribution in [-0.4, -0.2) is 23.3 Å². The fraction of sp³-hybridized carbons (Fsp3) is 0.286. The molecule has 2 aromatic rings. The van der Waals surface area contributed by atoms with E-state index in [0.717, 1.165) is 18.4 Å². The Labute approximate surface area is 164 Å². The van der Waals surface area contributed by atoms with E-state index >= 15 is 0 Å². The second-order valence-corrected chi connectivity index (χ2v) is 6.91. The quantitative estimate of drug-likeness (QED) is 0.269. The van der Waals surface area contributed by atoms with Crippen LogP contribution in [0.15, 0.2) is 59.7 Å². The molecule has 1 fully saturated rings. The zero-order valence-corrected chi connectivity index (χ0v) is 15.9. The lowest BCUT2D eigenvalue weighted by Crippen LogP contribution is -2.40. The number of benzene rings is 2. The van der Waals surface area contributed by atoms with Gasteiger partial charge < -0.3 is 10.1 Å². The van der Waals surface area contributed by atoms with E-state index in [1.165, 1.54) is 19.3 Å². The lowest BCUT2D eigenvalue weighted by molar-refractivity contribution is 0.0735. The van der Waals surface area contributed by atoms with Gasteiger partial charge in [0.25, 0.3) is 0 Å². The number of thiocarbonyl (C=S) groups is 1. The molecule has 5 nitrogen and oxygen atoms in total. The minimum Gasteiger partial charge on any atom is -0.423 e. The predicted molar refractivity (Wildman–Crippen MR) is 111 cm³/mol. The number of hydrogen-bond donors (Lipinski definition) is 2. The summed E-state index contributed by atoms with van der Waals surface area (Å²) in [6.07, 6.45) is 7.82. The van der Waals surface area contributed by atoms with Gasteiger partial charge in [0.05, 0.1) is 11.8 Å². The van der Waals surface area contributed by atoms with Crippen LogP contribution in [0.5, 0.6) is 5.75 Å². The summed E-state index contributed by atoms with van der Waals surface area (Å²) in [5.41, 5.74) is 4.25. The highest BCUT2D eigenvalue weighted by Gasteiger charge is 2.13. The first kappa shape index (κ1) is 19.0. The summed E-state index contributed by atoms with van der Waals surface area (Å²) in [7, 11) is 0. The van der Waals surface area contributed by atoms with Crippen molar-refractivity contribution in [3.8, 4) is 5.75 Å². The molecule has 2 N–H and O–H groups in total. The van der Waals surface area contributed by atoms with Crippen LogP contribution in [0.25, 0.3) is 0 Å². The van der Waals surface area contributed by atoms with Crippen molar-refractivity contribution < 1.29 is 9.53 Å². The van der Waals surface area contributed by atoms with Crippen molar-refractivity contribution in [2.45, 2.75) is 38.1 Å². The molecule has 140 valence electrons. The topological polar surface area (TPSA) is 62.7 Å². The SMILES string of the molecule is O=C(Oc1ccc(C=NNC(=S)NC2CCCCC2)cc1)c1ccccc1. The normalized spacial score (nSPS) is 14.7. The molecular weight excluding hydrogens is 358 g/mol. The molecule has 3 rings (SSSR count). The van der Waals surface area contributed by atoms with Crippen molar-refractivity contribution in [3.63, 3.8) is 0 Å². The van der Waals surface area contributed by atoms with E-state index in [0.29, 0.717) is 22.5 Å². The zero-order chi connectivity index (χ0) is 18.9. The fourth-order valence-electron chi connectivity index (χ4n) is 2.99. The number of esters is 1. The summed E-state index contributed by atoms with van der Waals surface area (Å²) < 4.78 is 5.35. The molecule has 2 aromatic carbocycles. The maximum atomic E-state index is 12.0. The van der Waals surface area contributed by atoms with Crippen LogP contribution in [0.3, 0.4) is 0 Å². The summed E-state index contributed by atoms with van der Waals surface area (Å²) in [5, 5.41) is 8.01. The zero-order valence-electron chi connectivity index (χ0n) is 15.1. The second kappa shape index (κ2) is 9.83. The van der Waals surface area contributed by atoms with E-state index in [1.807, 2.05) is 18.2 Å². The summed E-state index contributed by atoms with van der Waals surface area (Å²) >= 11 is 5.27. The number of hydrazone groups is 1. The summed E-state index contributed by atoms with van der Waals surface area (Å²) in [6, 6.07) is 16.5. The van der Waals surface area contributed by atoms with Gasteiger partial charge in [-0.25, -0.2) is 4.79 Å². The molecule has 0 radical (unpaired) electrons. The molecule has 0 aromatic heterocycles. The summed E-state index contributed by atoms with van der Waals surface area (Å²) in [5.74, 6) is 0.112. The molecular formula is C21H23N3O2S. The first-order valence-electron chi connectivity index (χ1n) is 9.17. The minimum absolute atomic E-state index is 0.377. The van der Waals surface area contributed by atoms with Crippen molar-refractivity contribution in [2.75, 3.05) is 0 Å². The Bertz CT molecular complexity index is 785. The lowest BCUT2D eigenvalue weighted by atomic mass is 9.96. The Balaban J connectivity index is 1.46. The van der Waals surface area contributed by atoms with E-state index in [9.17, 15) is 4.79 Å². The Morgan fingerprint density at radius 2 is 1.74 bits per heavy atom. The molecule has 0 atom stereocenters. The first-order chi connectivity index (χ1) is 13.2. The fourth-order valence-corrected chi connectivity index (χ4v) is 3.21. The number of carbonyl (C=O) groups excluding carboxylic acids is 1. The molecule has 0 spiro atoms. The largest absolute Gasteiger partial charge is 0.423 e. The van der Waals surface area contributed by atoms with Crippen molar-refractivity contribution >= 4 is 29.5 Å². The van der Waals surface area contributed by atoms with Crippen molar-refractivity contribution in [1.29, 1.82) is 0 Å².